The van der Waals surface area contributed by atoms with Crippen molar-refractivity contribution < 1.29 is 9.53 Å². The average Bonchev–Trinajstić information content (AvgIpc) is 2.55. The highest BCUT2D eigenvalue weighted by atomic mass is 35.5. The molecule has 2 heterocycles. The molecular formula is C18H35Cl2N3O2. The van der Waals surface area contributed by atoms with Gasteiger partial charge in [-0.3, -0.25) is 9.69 Å². The molecule has 3 atom stereocenters. The molecule has 148 valence electrons. The van der Waals surface area contributed by atoms with Crippen molar-refractivity contribution in [3.05, 3.63) is 0 Å². The number of piperidine rings is 1. The van der Waals surface area contributed by atoms with E-state index in [1.54, 1.807) is 0 Å². The number of morpholine rings is 1. The van der Waals surface area contributed by atoms with Gasteiger partial charge in [0.05, 0.1) is 19.1 Å². The van der Waals surface area contributed by atoms with Crippen LogP contribution in [0, 0.1) is 11.8 Å². The van der Waals surface area contributed by atoms with Crippen molar-refractivity contribution in [1.82, 2.24) is 9.80 Å². The fourth-order valence-electron chi connectivity index (χ4n) is 4.55. The van der Waals surface area contributed by atoms with Gasteiger partial charge >= 0.3 is 0 Å². The van der Waals surface area contributed by atoms with Crippen molar-refractivity contribution in [2.24, 2.45) is 17.6 Å². The van der Waals surface area contributed by atoms with Gasteiger partial charge in [-0.25, -0.2) is 0 Å². The fraction of sp³-hybridized carbons (Fsp3) is 0.944. The molecule has 2 saturated heterocycles. The fourth-order valence-corrected chi connectivity index (χ4v) is 4.55. The van der Waals surface area contributed by atoms with Gasteiger partial charge in [0, 0.05) is 38.3 Å². The highest BCUT2D eigenvalue weighted by molar-refractivity contribution is 5.85. The monoisotopic (exact) mass is 395 g/mol. The first-order valence-corrected chi connectivity index (χ1v) is 9.44. The van der Waals surface area contributed by atoms with E-state index < -0.39 is 0 Å². The van der Waals surface area contributed by atoms with E-state index in [0.29, 0.717) is 11.8 Å². The second-order valence-corrected chi connectivity index (χ2v) is 8.01. The lowest BCUT2D eigenvalue weighted by Gasteiger charge is -2.43. The normalized spacial score (nSPS) is 33.9. The van der Waals surface area contributed by atoms with E-state index in [-0.39, 0.29) is 36.3 Å². The third-order valence-corrected chi connectivity index (χ3v) is 6.00. The van der Waals surface area contributed by atoms with E-state index in [9.17, 15) is 4.79 Å². The lowest BCUT2D eigenvalue weighted by Crippen LogP contribution is -2.55. The zero-order chi connectivity index (χ0) is 16.3. The molecule has 2 N–H and O–H groups in total. The van der Waals surface area contributed by atoms with Crippen LogP contribution in [0.2, 0.25) is 0 Å². The average molecular weight is 396 g/mol. The van der Waals surface area contributed by atoms with Crippen molar-refractivity contribution in [2.45, 2.75) is 51.0 Å². The van der Waals surface area contributed by atoms with Gasteiger partial charge < -0.3 is 15.4 Å². The molecule has 0 spiro atoms. The Kier molecular flexibility index (Phi) is 9.47. The van der Waals surface area contributed by atoms with Gasteiger partial charge in [-0.15, -0.1) is 24.8 Å². The standard InChI is InChI=1S/C18H33N3O2.2ClH/c1-18(19)7-3-2-6-16(18)17(22)21-8-4-5-15(14-21)13-20-9-11-23-12-10-20;;/h15-16H,2-14,19H2,1H3;2*1H. The van der Waals surface area contributed by atoms with Crippen molar-refractivity contribution in [3.63, 3.8) is 0 Å². The molecule has 3 unspecified atom stereocenters. The molecule has 3 rings (SSSR count). The van der Waals surface area contributed by atoms with Crippen LogP contribution in [0.5, 0.6) is 0 Å². The van der Waals surface area contributed by atoms with Gasteiger partial charge in [0.2, 0.25) is 5.91 Å². The van der Waals surface area contributed by atoms with Gasteiger partial charge in [0.1, 0.15) is 0 Å². The minimum Gasteiger partial charge on any atom is -0.379 e. The summed E-state index contributed by atoms with van der Waals surface area (Å²) in [4.78, 5) is 17.6. The van der Waals surface area contributed by atoms with Crippen LogP contribution < -0.4 is 5.73 Å². The van der Waals surface area contributed by atoms with Crippen molar-refractivity contribution in [1.29, 1.82) is 0 Å². The number of hydrogen-bond donors (Lipinski definition) is 1. The second kappa shape index (κ2) is 10.3. The van der Waals surface area contributed by atoms with E-state index in [4.69, 9.17) is 10.5 Å². The van der Waals surface area contributed by atoms with Crippen LogP contribution in [0.4, 0.5) is 0 Å². The largest absolute Gasteiger partial charge is 0.379 e. The number of rotatable bonds is 3. The summed E-state index contributed by atoms with van der Waals surface area (Å²) in [6.07, 6.45) is 6.63. The summed E-state index contributed by atoms with van der Waals surface area (Å²) in [5, 5.41) is 0. The smallest absolute Gasteiger partial charge is 0.227 e. The number of nitrogens with two attached hydrogens (primary N) is 1. The first-order valence-electron chi connectivity index (χ1n) is 9.44. The van der Waals surface area contributed by atoms with Gasteiger partial charge in [-0.05, 0) is 38.5 Å². The van der Waals surface area contributed by atoms with Crippen LogP contribution in [0.1, 0.15) is 45.4 Å². The third-order valence-electron chi connectivity index (χ3n) is 6.00. The minimum absolute atomic E-state index is 0. The molecule has 1 saturated carbocycles. The molecule has 0 radical (unpaired) electrons. The SMILES string of the molecule is CC1(N)CCCCC1C(=O)N1CCCC(CN2CCOCC2)C1.Cl.Cl. The number of likely N-dealkylation sites (tertiary alicyclic amines) is 1. The van der Waals surface area contributed by atoms with E-state index in [1.807, 2.05) is 0 Å². The van der Waals surface area contributed by atoms with Crippen LogP contribution in [-0.2, 0) is 9.53 Å². The Labute approximate surface area is 164 Å². The van der Waals surface area contributed by atoms with Crippen LogP contribution in [0.25, 0.3) is 0 Å². The first kappa shape index (κ1) is 23.0. The van der Waals surface area contributed by atoms with E-state index in [0.717, 1.165) is 78.0 Å². The second-order valence-electron chi connectivity index (χ2n) is 8.01. The van der Waals surface area contributed by atoms with E-state index in [1.165, 1.54) is 6.42 Å². The molecule has 5 nitrogen and oxygen atoms in total. The number of ether oxygens (including phenoxy) is 1. The van der Waals surface area contributed by atoms with Crippen molar-refractivity contribution in [2.75, 3.05) is 45.9 Å². The molecule has 3 aliphatic rings. The lowest BCUT2D eigenvalue weighted by atomic mass is 9.73. The molecule has 2 aliphatic heterocycles. The first-order chi connectivity index (χ1) is 11.1. The van der Waals surface area contributed by atoms with Crippen LogP contribution in [0.3, 0.4) is 0 Å². The molecule has 0 aromatic heterocycles. The molecular weight excluding hydrogens is 361 g/mol. The van der Waals surface area contributed by atoms with Crippen molar-refractivity contribution in [3.8, 4) is 0 Å². The number of hydrogen-bond acceptors (Lipinski definition) is 4. The maximum atomic E-state index is 13.0. The van der Waals surface area contributed by atoms with Gasteiger partial charge in [0.15, 0.2) is 0 Å². The van der Waals surface area contributed by atoms with Gasteiger partial charge in [-0.2, -0.15) is 0 Å². The predicted molar refractivity (Wildman–Crippen MR) is 106 cm³/mol. The topological polar surface area (TPSA) is 58.8 Å². The maximum Gasteiger partial charge on any atom is 0.227 e. The molecule has 3 fully saturated rings. The number of nitrogens with zero attached hydrogens (tertiary/aromatic N) is 2. The third kappa shape index (κ3) is 5.96. The Hall–Kier alpha value is -0.0700. The number of carbonyl (C=O) groups excluding carboxylic acids is 1. The highest BCUT2D eigenvalue weighted by Crippen LogP contribution is 2.34. The number of carbonyl (C=O) groups is 1. The Morgan fingerprint density at radius 2 is 1.84 bits per heavy atom. The zero-order valence-electron chi connectivity index (χ0n) is 15.5. The van der Waals surface area contributed by atoms with Gasteiger partial charge in [0.25, 0.3) is 0 Å². The predicted octanol–water partition coefficient (Wildman–Crippen LogP) is 2.31. The minimum atomic E-state index is -0.313. The quantitative estimate of drug-likeness (QED) is 0.796. The Morgan fingerprint density at radius 1 is 1.12 bits per heavy atom. The van der Waals surface area contributed by atoms with Crippen LogP contribution in [0.15, 0.2) is 0 Å². The molecule has 1 aliphatic carbocycles. The zero-order valence-corrected chi connectivity index (χ0v) is 17.1. The van der Waals surface area contributed by atoms with E-state index >= 15 is 0 Å². The van der Waals surface area contributed by atoms with Crippen molar-refractivity contribution >= 4 is 30.7 Å². The molecule has 0 bridgehead atoms. The summed E-state index contributed by atoms with van der Waals surface area (Å²) in [6, 6.07) is 0. The molecule has 25 heavy (non-hydrogen) atoms. The summed E-state index contributed by atoms with van der Waals surface area (Å²) < 4.78 is 5.43. The van der Waals surface area contributed by atoms with Gasteiger partial charge in [-0.1, -0.05) is 12.8 Å². The van der Waals surface area contributed by atoms with Crippen LogP contribution in [-0.4, -0.2) is 67.2 Å². The summed E-state index contributed by atoms with van der Waals surface area (Å²) in [7, 11) is 0. The molecule has 1 amide bonds. The molecule has 0 aromatic carbocycles. The Morgan fingerprint density at radius 3 is 2.52 bits per heavy atom. The Balaban J connectivity index is 0.00000156. The van der Waals surface area contributed by atoms with Crippen LogP contribution >= 0.6 is 24.8 Å². The number of halogens is 2. The Bertz CT molecular complexity index is 417. The summed E-state index contributed by atoms with van der Waals surface area (Å²) >= 11 is 0. The van der Waals surface area contributed by atoms with E-state index in [2.05, 4.69) is 16.7 Å². The highest BCUT2D eigenvalue weighted by Gasteiger charge is 2.40. The molecule has 7 heteroatoms. The molecule has 0 aromatic rings. The maximum absolute atomic E-state index is 13.0. The summed E-state index contributed by atoms with van der Waals surface area (Å²) in [6.45, 7) is 8.79. The summed E-state index contributed by atoms with van der Waals surface area (Å²) in [5.41, 5.74) is 6.13. The lowest BCUT2D eigenvalue weighted by molar-refractivity contribution is -0.141. The number of amides is 1. The summed E-state index contributed by atoms with van der Waals surface area (Å²) in [5.74, 6) is 0.957.